The predicted molar refractivity (Wildman–Crippen MR) is 123 cm³/mol. The Hall–Kier alpha value is 2.37. The van der Waals surface area contributed by atoms with Crippen molar-refractivity contribution in [3.63, 3.8) is 0 Å². The molecule has 0 aliphatic heterocycles. The van der Waals surface area contributed by atoms with E-state index in [-0.39, 0.29) is 0 Å². The summed E-state index contributed by atoms with van der Waals surface area (Å²) in [6, 6.07) is 6.88. The van der Waals surface area contributed by atoms with E-state index in [2.05, 4.69) is 56.1 Å². The average molecular weight is 451 g/mol. The molecule has 120 valence electrons. The Morgan fingerprint density at radius 2 is 0.857 bits per heavy atom. The lowest BCUT2D eigenvalue weighted by Crippen LogP contribution is -1.82. The summed E-state index contributed by atoms with van der Waals surface area (Å²) in [5.74, 6) is 0. The molecule has 1 aromatic carbocycles. The maximum absolute atomic E-state index is 4.24. The van der Waals surface area contributed by atoms with Crippen molar-refractivity contribution in [2.24, 2.45) is 0 Å². The van der Waals surface area contributed by atoms with E-state index in [4.69, 9.17) is 0 Å². The molecule has 0 bridgehead atoms. The highest BCUT2D eigenvalue weighted by Gasteiger charge is 2.04. The van der Waals surface area contributed by atoms with Crippen molar-refractivity contribution in [2.45, 2.75) is 14.7 Å². The van der Waals surface area contributed by atoms with Crippen LogP contribution in [0.4, 0.5) is 0 Å². The van der Waals surface area contributed by atoms with Crippen LogP contribution in [0.2, 0.25) is 0 Å². The maximum Gasteiger partial charge on any atom is 0.0447 e. The first-order valence-corrected chi connectivity index (χ1v) is 14.2. The summed E-state index contributed by atoms with van der Waals surface area (Å²) in [7, 11) is 0. The first kappa shape index (κ1) is 21.4. The molecule has 1 rings (SSSR count). The molecule has 9 heteroatoms. The fraction of sp³-hybridized carbons (Fsp3) is 0.500. The van der Waals surface area contributed by atoms with Gasteiger partial charge in [-0.15, -0.1) is 70.6 Å². The first-order chi connectivity index (χ1) is 10.3. The Labute approximate surface area is 170 Å². The fourth-order valence-corrected chi connectivity index (χ4v) is 8.26. The Morgan fingerprint density at radius 1 is 0.571 bits per heavy atom. The third-order valence-corrected chi connectivity index (χ3v) is 9.37. The summed E-state index contributed by atoms with van der Waals surface area (Å²) in [5.41, 5.74) is 0. The van der Waals surface area contributed by atoms with Crippen molar-refractivity contribution in [1.29, 1.82) is 0 Å². The molecule has 0 saturated heterocycles. The van der Waals surface area contributed by atoms with E-state index >= 15 is 0 Å². The van der Waals surface area contributed by atoms with Crippen LogP contribution in [0.15, 0.2) is 32.9 Å². The van der Waals surface area contributed by atoms with Crippen LogP contribution < -0.4 is 0 Å². The van der Waals surface area contributed by atoms with Crippen molar-refractivity contribution in [3.05, 3.63) is 18.2 Å². The minimum atomic E-state index is 0.875. The van der Waals surface area contributed by atoms with Crippen molar-refractivity contribution >= 4 is 108 Å². The van der Waals surface area contributed by atoms with Gasteiger partial charge in [-0.25, -0.2) is 0 Å². The smallest absolute Gasteiger partial charge is 0.0447 e. The number of hydrogen-bond donors (Lipinski definition) is 3. The largest absolute Gasteiger partial charge is 0.168 e. The Bertz CT molecular complexity index is 315. The summed E-state index contributed by atoms with van der Waals surface area (Å²) in [5, 5.41) is 5.79. The van der Waals surface area contributed by atoms with Gasteiger partial charge in [0.2, 0.25) is 0 Å². The lowest BCUT2D eigenvalue weighted by Gasteiger charge is -2.09. The summed E-state index contributed by atoms with van der Waals surface area (Å²) in [6.07, 6.45) is 0. The van der Waals surface area contributed by atoms with E-state index in [9.17, 15) is 0 Å². The second kappa shape index (κ2) is 14.7. The molecule has 0 nitrogen and oxygen atoms in total. The highest BCUT2D eigenvalue weighted by atomic mass is 32.2. The molecule has 0 heterocycles. The SMILES string of the molecule is SCSCSc1cc(SCSCS)cc(SCSCS)c1. The molecule has 0 N–H and O–H groups in total. The van der Waals surface area contributed by atoms with Crippen LogP contribution in [0.3, 0.4) is 0 Å². The van der Waals surface area contributed by atoms with Crippen LogP contribution in [0.5, 0.6) is 0 Å². The zero-order chi connectivity index (χ0) is 15.3. The molecule has 0 aliphatic rings. The zero-order valence-electron chi connectivity index (χ0n) is 11.3. The minimum Gasteiger partial charge on any atom is -0.168 e. The van der Waals surface area contributed by atoms with E-state index in [1.807, 2.05) is 70.6 Å². The number of hydrogen-bond acceptors (Lipinski definition) is 9. The predicted octanol–water partition coefficient (Wildman–Crippen LogP) is 6.70. The average Bonchev–Trinajstić information content (AvgIpc) is 2.48. The highest BCUT2D eigenvalue weighted by molar-refractivity contribution is 8.21. The molecule has 0 saturated carbocycles. The van der Waals surface area contributed by atoms with E-state index in [1.54, 1.807) is 0 Å². The normalized spacial score (nSPS) is 11.0. The number of thioether (sulfide) groups is 6. The van der Waals surface area contributed by atoms with E-state index in [1.165, 1.54) is 14.7 Å². The number of benzene rings is 1. The fourth-order valence-electron chi connectivity index (χ4n) is 1.24. The maximum atomic E-state index is 4.24. The molecule has 0 aliphatic carbocycles. The van der Waals surface area contributed by atoms with Gasteiger partial charge in [-0.3, -0.25) is 0 Å². The van der Waals surface area contributed by atoms with Gasteiger partial charge in [0.05, 0.1) is 0 Å². The van der Waals surface area contributed by atoms with Gasteiger partial charge in [-0.05, 0) is 18.2 Å². The Morgan fingerprint density at radius 3 is 1.10 bits per heavy atom. The van der Waals surface area contributed by atoms with E-state index < -0.39 is 0 Å². The summed E-state index contributed by atoms with van der Waals surface area (Å²) >= 11 is 23.9. The van der Waals surface area contributed by atoms with Crippen molar-refractivity contribution < 1.29 is 0 Å². The zero-order valence-corrected chi connectivity index (χ0v) is 18.8. The third-order valence-electron chi connectivity index (χ3n) is 2.05. The van der Waals surface area contributed by atoms with Crippen molar-refractivity contribution in [3.8, 4) is 0 Å². The van der Waals surface area contributed by atoms with Crippen LogP contribution in [0.25, 0.3) is 0 Å². The van der Waals surface area contributed by atoms with E-state index in [0.29, 0.717) is 0 Å². The summed E-state index contributed by atoms with van der Waals surface area (Å²) in [6.45, 7) is 0. The van der Waals surface area contributed by atoms with Crippen LogP contribution >= 0.6 is 108 Å². The highest BCUT2D eigenvalue weighted by Crippen LogP contribution is 2.35. The van der Waals surface area contributed by atoms with Crippen LogP contribution in [-0.2, 0) is 0 Å². The molecule has 0 aromatic heterocycles. The molecule has 1 aromatic rings. The van der Waals surface area contributed by atoms with Gasteiger partial charge >= 0.3 is 0 Å². The number of thiol groups is 3. The lowest BCUT2D eigenvalue weighted by molar-refractivity contribution is 1.24. The van der Waals surface area contributed by atoms with Gasteiger partial charge in [0.25, 0.3) is 0 Å². The van der Waals surface area contributed by atoms with Gasteiger partial charge < -0.3 is 0 Å². The molecule has 0 spiro atoms. The molecule has 0 fully saturated rings. The second-order valence-electron chi connectivity index (χ2n) is 3.43. The van der Waals surface area contributed by atoms with Crippen molar-refractivity contribution in [1.82, 2.24) is 0 Å². The van der Waals surface area contributed by atoms with Gasteiger partial charge in [-0.1, -0.05) is 0 Å². The summed E-state index contributed by atoms with van der Waals surface area (Å²) in [4.78, 5) is 4.05. The molecule has 21 heavy (non-hydrogen) atoms. The van der Waals surface area contributed by atoms with E-state index in [0.717, 1.165) is 30.5 Å². The molecule has 0 radical (unpaired) electrons. The van der Waals surface area contributed by atoms with Crippen LogP contribution in [0.1, 0.15) is 0 Å². The molecular weight excluding hydrogens is 433 g/mol. The standard InChI is InChI=1S/C12H18S9/c13-4-16-7-19-10-1-11(20-8-17-5-14)3-12(2-10)21-9-18-6-15/h1-3,13-15H,4-9H2. The lowest BCUT2D eigenvalue weighted by atomic mass is 10.4. The van der Waals surface area contributed by atoms with Crippen molar-refractivity contribution in [2.75, 3.05) is 30.5 Å². The third kappa shape index (κ3) is 10.8. The van der Waals surface area contributed by atoms with Gasteiger partial charge in [0.15, 0.2) is 0 Å². The van der Waals surface area contributed by atoms with Crippen LogP contribution in [-0.4, -0.2) is 30.5 Å². The van der Waals surface area contributed by atoms with Gasteiger partial charge in [0.1, 0.15) is 0 Å². The monoisotopic (exact) mass is 450 g/mol. The van der Waals surface area contributed by atoms with Gasteiger partial charge in [0, 0.05) is 45.2 Å². The molecule has 0 amide bonds. The molecule has 0 unspecified atom stereocenters. The van der Waals surface area contributed by atoms with Gasteiger partial charge in [-0.2, -0.15) is 37.9 Å². The van der Waals surface area contributed by atoms with Crippen LogP contribution in [0, 0.1) is 0 Å². The first-order valence-electron chi connectivity index (χ1n) is 5.89. The second-order valence-corrected chi connectivity index (χ2v) is 12.9. The topological polar surface area (TPSA) is 0 Å². The minimum absolute atomic E-state index is 0.875. The molecular formula is C12H18S9. The quantitative estimate of drug-likeness (QED) is 0.139. The Balaban J connectivity index is 2.65. The Kier molecular flexibility index (Phi) is 15.0. The number of rotatable bonds is 12. The summed E-state index contributed by atoms with van der Waals surface area (Å²) < 4.78 is 0. The molecule has 0 atom stereocenters.